The van der Waals surface area contributed by atoms with Crippen LogP contribution in [0.1, 0.15) is 11.1 Å². The van der Waals surface area contributed by atoms with E-state index in [1.807, 2.05) is 43.6 Å². The van der Waals surface area contributed by atoms with Crippen LogP contribution in [0.2, 0.25) is 0 Å². The number of rotatable bonds is 4. The molecule has 0 saturated heterocycles. The van der Waals surface area contributed by atoms with Gasteiger partial charge in [0.1, 0.15) is 12.8 Å². The van der Waals surface area contributed by atoms with Crippen LogP contribution in [0, 0.1) is 10.1 Å². The minimum absolute atomic E-state index is 0. The van der Waals surface area contributed by atoms with Gasteiger partial charge in [0.2, 0.25) is 5.52 Å². The van der Waals surface area contributed by atoms with E-state index in [0.717, 1.165) is 22.0 Å². The molecular formula is C19H17IN2O3. The summed E-state index contributed by atoms with van der Waals surface area (Å²) in [7, 11) is 3.52. The molecule has 1 aromatic heterocycles. The molecule has 6 heteroatoms. The van der Waals surface area contributed by atoms with Crippen molar-refractivity contribution in [3.63, 3.8) is 0 Å². The number of nitro benzene ring substituents is 1. The van der Waals surface area contributed by atoms with Crippen LogP contribution >= 0.6 is 0 Å². The number of halogens is 1. The molecule has 0 amide bonds. The normalized spacial score (nSPS) is 10.6. The van der Waals surface area contributed by atoms with Crippen LogP contribution in [0.4, 0.5) is 5.69 Å². The number of ether oxygens (including phenoxy) is 1. The predicted molar refractivity (Wildman–Crippen MR) is 93.7 cm³/mol. The first-order valence-electron chi connectivity index (χ1n) is 7.48. The van der Waals surface area contributed by atoms with Gasteiger partial charge in [-0.15, -0.1) is 0 Å². The van der Waals surface area contributed by atoms with E-state index in [0.29, 0.717) is 5.75 Å². The zero-order chi connectivity index (χ0) is 17.1. The molecule has 0 radical (unpaired) electrons. The summed E-state index contributed by atoms with van der Waals surface area (Å²) >= 11 is 0. The molecule has 3 aromatic rings. The van der Waals surface area contributed by atoms with Gasteiger partial charge in [0.25, 0.3) is 5.69 Å². The van der Waals surface area contributed by atoms with Crippen LogP contribution in [-0.4, -0.2) is 12.0 Å². The highest BCUT2D eigenvalue weighted by atomic mass is 127. The molecule has 0 aliphatic heterocycles. The summed E-state index contributed by atoms with van der Waals surface area (Å²) in [4.78, 5) is 10.4. The molecule has 0 saturated carbocycles. The van der Waals surface area contributed by atoms with Crippen molar-refractivity contribution < 1.29 is 38.2 Å². The first-order chi connectivity index (χ1) is 11.6. The lowest BCUT2D eigenvalue weighted by Gasteiger charge is -2.05. The maximum Gasteiger partial charge on any atom is 0.273 e. The van der Waals surface area contributed by atoms with Gasteiger partial charge in [0.05, 0.1) is 23.5 Å². The third-order valence-electron chi connectivity index (χ3n) is 3.94. The van der Waals surface area contributed by atoms with Gasteiger partial charge in [0, 0.05) is 23.8 Å². The summed E-state index contributed by atoms with van der Waals surface area (Å²) in [6.07, 6.45) is 5.91. The third kappa shape index (κ3) is 3.96. The second-order valence-corrected chi connectivity index (χ2v) is 5.42. The Labute approximate surface area is 162 Å². The van der Waals surface area contributed by atoms with E-state index in [2.05, 4.69) is 16.7 Å². The summed E-state index contributed by atoms with van der Waals surface area (Å²) in [6, 6.07) is 14.8. The summed E-state index contributed by atoms with van der Waals surface area (Å²) in [5, 5.41) is 12.0. The molecule has 0 atom stereocenters. The lowest BCUT2D eigenvalue weighted by atomic mass is 10.1. The highest BCUT2D eigenvalue weighted by molar-refractivity contribution is 5.89. The molecule has 0 aliphatic rings. The molecule has 128 valence electrons. The Bertz CT molecular complexity index is 955. The Morgan fingerprint density at radius 1 is 1.08 bits per heavy atom. The van der Waals surface area contributed by atoms with Gasteiger partial charge in [-0.05, 0) is 17.7 Å². The SMILES string of the molecule is COc1cc([N+](=O)[O-])ccc1C=Cc1cc[n+](C)c2ccccc12.[I-]. The lowest BCUT2D eigenvalue weighted by Crippen LogP contribution is -3.00. The fourth-order valence-corrected chi connectivity index (χ4v) is 2.66. The topological polar surface area (TPSA) is 56.3 Å². The van der Waals surface area contributed by atoms with Crippen LogP contribution in [0.15, 0.2) is 54.7 Å². The zero-order valence-electron chi connectivity index (χ0n) is 13.8. The molecule has 0 spiro atoms. The van der Waals surface area contributed by atoms with Crippen molar-refractivity contribution in [3.8, 4) is 5.75 Å². The average Bonchev–Trinajstić information content (AvgIpc) is 2.61. The number of aromatic nitrogens is 1. The number of hydrogen-bond donors (Lipinski definition) is 0. The van der Waals surface area contributed by atoms with E-state index >= 15 is 0 Å². The summed E-state index contributed by atoms with van der Waals surface area (Å²) < 4.78 is 7.34. The van der Waals surface area contributed by atoms with Crippen LogP contribution in [0.25, 0.3) is 23.1 Å². The van der Waals surface area contributed by atoms with Gasteiger partial charge >= 0.3 is 0 Å². The van der Waals surface area contributed by atoms with Crippen molar-refractivity contribution in [2.45, 2.75) is 0 Å². The molecule has 0 N–H and O–H groups in total. The minimum atomic E-state index is -0.430. The van der Waals surface area contributed by atoms with Crippen LogP contribution in [0.5, 0.6) is 5.75 Å². The van der Waals surface area contributed by atoms with Gasteiger partial charge in [0.15, 0.2) is 6.20 Å². The summed E-state index contributed by atoms with van der Waals surface area (Å²) in [5.41, 5.74) is 3.01. The number of fused-ring (bicyclic) bond motifs is 1. The van der Waals surface area contributed by atoms with Crippen molar-refractivity contribution in [2.75, 3.05) is 7.11 Å². The number of pyridine rings is 1. The van der Waals surface area contributed by atoms with Crippen LogP contribution in [0.3, 0.4) is 0 Å². The first kappa shape index (κ1) is 18.9. The highest BCUT2D eigenvalue weighted by Crippen LogP contribution is 2.27. The Kier molecular flexibility index (Phi) is 6.08. The molecular weight excluding hydrogens is 431 g/mol. The van der Waals surface area contributed by atoms with E-state index in [-0.39, 0.29) is 29.7 Å². The van der Waals surface area contributed by atoms with Crippen molar-refractivity contribution in [3.05, 3.63) is 76.0 Å². The average molecular weight is 448 g/mol. The molecule has 0 aliphatic carbocycles. The molecule has 0 unspecified atom stereocenters. The molecule has 1 heterocycles. The van der Waals surface area contributed by atoms with Gasteiger partial charge in [-0.3, -0.25) is 10.1 Å². The maximum absolute atomic E-state index is 10.9. The van der Waals surface area contributed by atoms with Gasteiger partial charge in [-0.2, -0.15) is 0 Å². The predicted octanol–water partition coefficient (Wildman–Crippen LogP) is 0.755. The largest absolute Gasteiger partial charge is 1.00 e. The maximum atomic E-state index is 10.9. The van der Waals surface area contributed by atoms with Gasteiger partial charge in [-0.1, -0.05) is 24.3 Å². The highest BCUT2D eigenvalue weighted by Gasteiger charge is 2.10. The van der Waals surface area contributed by atoms with Crippen molar-refractivity contribution in [1.82, 2.24) is 0 Å². The standard InChI is InChI=1S/C19H17N2O3.HI/c1-20-12-11-14(17-5-3-4-6-18(17)20)7-8-15-9-10-16(21(22)23)13-19(15)24-2;/h3-13H,1-2H3;1H/q+1;/p-1. The number of aryl methyl sites for hydroxylation is 1. The number of nitrogens with zero attached hydrogens (tertiary/aromatic N) is 2. The van der Waals surface area contributed by atoms with E-state index < -0.39 is 4.92 Å². The molecule has 0 fully saturated rings. The lowest BCUT2D eigenvalue weighted by molar-refractivity contribution is -0.644. The smallest absolute Gasteiger partial charge is 0.273 e. The second kappa shape index (κ2) is 8.06. The summed E-state index contributed by atoms with van der Waals surface area (Å²) in [6.45, 7) is 0. The quantitative estimate of drug-likeness (QED) is 0.256. The molecule has 3 rings (SSSR count). The van der Waals surface area contributed by atoms with Gasteiger partial charge in [-0.25, -0.2) is 4.57 Å². The number of hydrogen-bond acceptors (Lipinski definition) is 3. The van der Waals surface area contributed by atoms with E-state index in [4.69, 9.17) is 4.74 Å². The van der Waals surface area contributed by atoms with E-state index in [1.165, 1.54) is 19.2 Å². The minimum Gasteiger partial charge on any atom is -1.00 e. The number of nitro groups is 1. The van der Waals surface area contributed by atoms with E-state index in [1.54, 1.807) is 6.07 Å². The van der Waals surface area contributed by atoms with Crippen LogP contribution in [-0.2, 0) is 7.05 Å². The fraction of sp³-hybridized carbons (Fsp3) is 0.105. The Hall–Kier alpha value is -2.48. The number of para-hydroxylation sites is 1. The van der Waals surface area contributed by atoms with E-state index in [9.17, 15) is 10.1 Å². The fourth-order valence-electron chi connectivity index (χ4n) is 2.66. The monoisotopic (exact) mass is 448 g/mol. The van der Waals surface area contributed by atoms with Crippen molar-refractivity contribution in [1.29, 1.82) is 0 Å². The van der Waals surface area contributed by atoms with Gasteiger partial charge < -0.3 is 28.7 Å². The second-order valence-electron chi connectivity index (χ2n) is 5.42. The first-order valence-corrected chi connectivity index (χ1v) is 7.48. The molecule has 0 bridgehead atoms. The van der Waals surface area contributed by atoms with Crippen molar-refractivity contribution in [2.24, 2.45) is 7.05 Å². The Morgan fingerprint density at radius 3 is 2.52 bits per heavy atom. The van der Waals surface area contributed by atoms with Crippen molar-refractivity contribution >= 4 is 28.7 Å². The summed E-state index contributed by atoms with van der Waals surface area (Å²) in [5.74, 6) is 0.478. The number of methoxy groups -OCH3 is 1. The number of non-ortho nitro benzene ring substituents is 1. The zero-order valence-corrected chi connectivity index (χ0v) is 16.0. The molecule has 2 aromatic carbocycles. The Morgan fingerprint density at radius 2 is 1.80 bits per heavy atom. The molecule has 25 heavy (non-hydrogen) atoms. The Balaban J connectivity index is 0.00000225. The third-order valence-corrected chi connectivity index (χ3v) is 3.94. The number of benzene rings is 2. The van der Waals surface area contributed by atoms with Crippen LogP contribution < -0.4 is 33.3 Å². The molecule has 5 nitrogen and oxygen atoms in total.